The highest BCUT2D eigenvalue weighted by Gasteiger charge is 2.41. The van der Waals surface area contributed by atoms with E-state index >= 15 is 8.78 Å². The van der Waals surface area contributed by atoms with Crippen molar-refractivity contribution in [2.45, 2.75) is 32.7 Å². The molecule has 15 heteroatoms. The van der Waals surface area contributed by atoms with Gasteiger partial charge in [-0.1, -0.05) is 43.6 Å². The van der Waals surface area contributed by atoms with Gasteiger partial charge in [0.2, 0.25) is 11.8 Å². The van der Waals surface area contributed by atoms with Crippen LogP contribution in [0.2, 0.25) is 10.0 Å². The maximum Gasteiger partial charge on any atom is 0.355 e. The number of carbonyl (C=O) groups excluding carboxylic acids is 2. The third-order valence-electron chi connectivity index (χ3n) is 8.01. The van der Waals surface area contributed by atoms with E-state index < -0.39 is 57.1 Å². The SMILES string of the molecule is C=CC(=O)N1CCN2c3nc(=O)n(-c4c(C)ccnc4C(C)C)c4nc(-c5c(N)c(Cl)cc(Cl)c5F)c(F)c(c34)NC(=O)C2C1. The number of halogens is 4. The molecule has 232 valence electrons. The molecule has 2 aliphatic rings. The molecule has 2 aliphatic heterocycles. The summed E-state index contributed by atoms with van der Waals surface area (Å²) in [5.41, 5.74) is 4.74. The minimum absolute atomic E-state index is 0.0136. The topological polar surface area (TPSA) is 139 Å². The molecule has 1 fully saturated rings. The van der Waals surface area contributed by atoms with Crippen molar-refractivity contribution in [3.05, 3.63) is 74.4 Å². The van der Waals surface area contributed by atoms with Crippen molar-refractivity contribution >= 4 is 63.2 Å². The number of nitrogen functional groups attached to an aromatic ring is 1. The zero-order chi connectivity index (χ0) is 32.5. The van der Waals surface area contributed by atoms with Crippen LogP contribution in [0.3, 0.4) is 0 Å². The largest absolute Gasteiger partial charge is 0.397 e. The third kappa shape index (κ3) is 4.68. The molecule has 3 N–H and O–H groups in total. The van der Waals surface area contributed by atoms with Gasteiger partial charge in [0, 0.05) is 19.3 Å². The first kappa shape index (κ1) is 30.4. The molecule has 4 aromatic rings. The number of nitrogens with two attached hydrogens (primary N) is 1. The van der Waals surface area contributed by atoms with Crippen LogP contribution in [0.1, 0.15) is 31.0 Å². The van der Waals surface area contributed by atoms with Crippen molar-refractivity contribution in [2.75, 3.05) is 35.6 Å². The quantitative estimate of drug-likeness (QED) is 0.185. The van der Waals surface area contributed by atoms with Gasteiger partial charge in [-0.05, 0) is 36.6 Å². The Morgan fingerprint density at radius 1 is 1.18 bits per heavy atom. The third-order valence-corrected chi connectivity index (χ3v) is 8.60. The summed E-state index contributed by atoms with van der Waals surface area (Å²) < 4.78 is 33.5. The Balaban J connectivity index is 1.77. The lowest BCUT2D eigenvalue weighted by atomic mass is 10.0. The molecule has 0 spiro atoms. The average Bonchev–Trinajstić information content (AvgIpc) is 3.12. The number of amides is 2. The molecule has 1 aromatic carbocycles. The van der Waals surface area contributed by atoms with Crippen LogP contribution in [-0.2, 0) is 9.59 Å². The van der Waals surface area contributed by atoms with E-state index in [1.165, 1.54) is 14.4 Å². The number of anilines is 3. The lowest BCUT2D eigenvalue weighted by Gasteiger charge is -2.39. The van der Waals surface area contributed by atoms with E-state index in [1.807, 2.05) is 13.8 Å². The minimum Gasteiger partial charge on any atom is -0.397 e. The second-order valence-corrected chi connectivity index (χ2v) is 11.9. The molecule has 3 aromatic heterocycles. The first-order valence-corrected chi connectivity index (χ1v) is 14.7. The van der Waals surface area contributed by atoms with E-state index in [9.17, 15) is 14.4 Å². The van der Waals surface area contributed by atoms with Gasteiger partial charge in [-0.3, -0.25) is 14.6 Å². The van der Waals surface area contributed by atoms with Gasteiger partial charge in [0.05, 0.1) is 50.3 Å². The lowest BCUT2D eigenvalue weighted by Crippen LogP contribution is -2.58. The summed E-state index contributed by atoms with van der Waals surface area (Å²) in [5.74, 6) is -3.54. The molecule has 11 nitrogen and oxygen atoms in total. The molecular formula is C30H26Cl2F2N8O3. The summed E-state index contributed by atoms with van der Waals surface area (Å²) in [4.78, 5) is 56.6. The fourth-order valence-corrected chi connectivity index (χ4v) is 6.29. The Hall–Kier alpha value is -4.62. The Labute approximate surface area is 265 Å². The van der Waals surface area contributed by atoms with Gasteiger partial charge in [0.1, 0.15) is 17.6 Å². The van der Waals surface area contributed by atoms with E-state index in [4.69, 9.17) is 28.9 Å². The van der Waals surface area contributed by atoms with Crippen molar-refractivity contribution in [1.82, 2.24) is 24.4 Å². The molecular weight excluding hydrogens is 629 g/mol. The van der Waals surface area contributed by atoms with E-state index in [1.54, 1.807) is 19.2 Å². The van der Waals surface area contributed by atoms with Crippen LogP contribution >= 0.6 is 23.2 Å². The molecule has 6 rings (SSSR count). The predicted octanol–water partition coefficient (Wildman–Crippen LogP) is 4.60. The second kappa shape index (κ2) is 11.1. The van der Waals surface area contributed by atoms with Crippen LogP contribution in [0.5, 0.6) is 0 Å². The zero-order valence-electron chi connectivity index (χ0n) is 24.3. The lowest BCUT2D eigenvalue weighted by molar-refractivity contribution is -0.128. The zero-order valence-corrected chi connectivity index (χ0v) is 25.8. The number of nitrogens with one attached hydrogen (secondary N) is 1. The predicted molar refractivity (Wildman–Crippen MR) is 168 cm³/mol. The smallest absolute Gasteiger partial charge is 0.355 e. The van der Waals surface area contributed by atoms with Crippen molar-refractivity contribution in [1.29, 1.82) is 0 Å². The molecule has 1 atom stereocenters. The summed E-state index contributed by atoms with van der Waals surface area (Å²) in [5, 5.41) is 1.99. The summed E-state index contributed by atoms with van der Waals surface area (Å²) >= 11 is 12.3. The number of piperazine rings is 1. The molecule has 0 aliphatic carbocycles. The molecule has 5 heterocycles. The number of aryl methyl sites for hydroxylation is 1. The van der Waals surface area contributed by atoms with Crippen molar-refractivity contribution in [3.63, 3.8) is 0 Å². The fourth-order valence-electron chi connectivity index (χ4n) is 5.83. The van der Waals surface area contributed by atoms with Gasteiger partial charge in [0.15, 0.2) is 17.3 Å². The van der Waals surface area contributed by atoms with Gasteiger partial charge in [0.25, 0.3) is 0 Å². The Kier molecular flexibility index (Phi) is 7.48. The van der Waals surface area contributed by atoms with Gasteiger partial charge in [-0.15, -0.1) is 0 Å². The molecule has 0 saturated carbocycles. The van der Waals surface area contributed by atoms with Crippen LogP contribution in [0.15, 0.2) is 35.8 Å². The highest BCUT2D eigenvalue weighted by molar-refractivity contribution is 6.37. The number of benzene rings is 1. The van der Waals surface area contributed by atoms with Crippen LogP contribution in [0.25, 0.3) is 28.0 Å². The molecule has 45 heavy (non-hydrogen) atoms. The first-order valence-electron chi connectivity index (χ1n) is 13.9. The number of carbonyl (C=O) groups is 2. The fraction of sp³-hybridized carbons (Fsp3) is 0.267. The number of aromatic nitrogens is 4. The van der Waals surface area contributed by atoms with E-state index in [0.717, 1.165) is 12.1 Å². The maximum absolute atomic E-state index is 16.7. The molecule has 0 radical (unpaired) electrons. The maximum atomic E-state index is 16.7. The second-order valence-electron chi connectivity index (χ2n) is 11.0. The number of hydrogen-bond donors (Lipinski definition) is 2. The van der Waals surface area contributed by atoms with Gasteiger partial charge < -0.3 is 20.9 Å². The Morgan fingerprint density at radius 2 is 1.91 bits per heavy atom. The molecule has 1 unspecified atom stereocenters. The first-order chi connectivity index (χ1) is 21.3. The number of rotatable bonds is 4. The van der Waals surface area contributed by atoms with Crippen LogP contribution < -0.4 is 21.6 Å². The number of pyridine rings is 2. The van der Waals surface area contributed by atoms with E-state index in [0.29, 0.717) is 16.9 Å². The summed E-state index contributed by atoms with van der Waals surface area (Å²) in [6.45, 7) is 9.21. The summed E-state index contributed by atoms with van der Waals surface area (Å²) in [6.07, 6.45) is 2.73. The molecule has 2 amide bonds. The summed E-state index contributed by atoms with van der Waals surface area (Å²) in [6, 6.07) is 1.71. The van der Waals surface area contributed by atoms with Crippen LogP contribution in [0.4, 0.5) is 26.0 Å². The minimum atomic E-state index is -1.15. The highest BCUT2D eigenvalue weighted by Crippen LogP contribution is 2.44. The van der Waals surface area contributed by atoms with Crippen LogP contribution in [0, 0.1) is 18.6 Å². The van der Waals surface area contributed by atoms with Crippen LogP contribution in [-0.4, -0.2) is 61.9 Å². The average molecular weight is 655 g/mol. The van der Waals surface area contributed by atoms with Crippen molar-refractivity contribution < 1.29 is 18.4 Å². The standard InChI is InChI=1S/C30H26Cl2F2N8O3/c1-5-17(43)40-8-9-41-16(11-40)29(44)38-25-19-27(41)39-30(45)42(26-13(4)6-7-36-23(26)12(2)3)28(19)37-24(21(25)34)18-20(33)14(31)10-15(32)22(18)35/h5-7,10,12,16H,1,8-9,11,35H2,2-4H3,(H,38,44). The number of nitrogens with zero attached hydrogens (tertiary/aromatic N) is 6. The normalized spacial score (nSPS) is 16.1. The van der Waals surface area contributed by atoms with E-state index in [2.05, 4.69) is 26.8 Å². The van der Waals surface area contributed by atoms with Gasteiger partial charge >= 0.3 is 5.69 Å². The Morgan fingerprint density at radius 3 is 2.60 bits per heavy atom. The molecule has 0 bridgehead atoms. The van der Waals surface area contributed by atoms with Gasteiger partial charge in [-0.2, -0.15) is 4.98 Å². The number of fused-ring (bicyclic) bond motifs is 2. The van der Waals surface area contributed by atoms with Crippen molar-refractivity contribution in [2.24, 2.45) is 0 Å². The molecule has 1 saturated heterocycles. The van der Waals surface area contributed by atoms with Crippen molar-refractivity contribution in [3.8, 4) is 16.9 Å². The summed E-state index contributed by atoms with van der Waals surface area (Å²) in [7, 11) is 0. The monoisotopic (exact) mass is 654 g/mol. The van der Waals surface area contributed by atoms with E-state index in [-0.39, 0.29) is 53.1 Å². The highest BCUT2D eigenvalue weighted by atomic mass is 35.5. The van der Waals surface area contributed by atoms with Gasteiger partial charge in [-0.25, -0.2) is 23.1 Å². The Bertz CT molecular complexity index is 2010. The number of hydrogen-bond acceptors (Lipinski definition) is 8.